The summed E-state index contributed by atoms with van der Waals surface area (Å²) in [6, 6.07) is 21.9. The van der Waals surface area contributed by atoms with Gasteiger partial charge in [0, 0.05) is 36.8 Å². The number of nitrogens with zero attached hydrogens (tertiary/aromatic N) is 2. The average molecular weight is 432 g/mol. The molecule has 4 heteroatoms. The van der Waals surface area contributed by atoms with Crippen LogP contribution in [0, 0.1) is 12.8 Å². The lowest BCUT2D eigenvalue weighted by atomic mass is 10.1. The van der Waals surface area contributed by atoms with Gasteiger partial charge in [0.2, 0.25) is 0 Å². The first-order valence-electron chi connectivity index (χ1n) is 11.7. The molecule has 3 aromatic carbocycles. The molecule has 1 heterocycles. The summed E-state index contributed by atoms with van der Waals surface area (Å²) in [4.78, 5) is 6.59. The molecule has 0 bridgehead atoms. The Morgan fingerprint density at radius 2 is 1.68 bits per heavy atom. The van der Waals surface area contributed by atoms with E-state index in [9.17, 15) is 0 Å². The van der Waals surface area contributed by atoms with Gasteiger partial charge in [-0.2, -0.15) is 0 Å². The van der Waals surface area contributed by atoms with E-state index in [2.05, 4.69) is 82.1 Å². The molecule has 2 fully saturated rings. The summed E-state index contributed by atoms with van der Waals surface area (Å²) in [5, 5.41) is 2.58. The fourth-order valence-electron chi connectivity index (χ4n) is 4.58. The number of fused-ring (bicyclic) bond motifs is 1. The van der Waals surface area contributed by atoms with Crippen LogP contribution in [0.3, 0.4) is 0 Å². The Morgan fingerprint density at radius 1 is 0.871 bits per heavy atom. The molecular weight excluding hydrogens is 398 g/mol. The van der Waals surface area contributed by atoms with Crippen LogP contribution in [0.2, 0.25) is 0 Å². The lowest BCUT2D eigenvalue weighted by Crippen LogP contribution is -2.31. The van der Waals surface area contributed by atoms with Crippen molar-refractivity contribution >= 4 is 28.4 Å². The van der Waals surface area contributed by atoms with E-state index in [4.69, 9.17) is 0 Å². The lowest BCUT2D eigenvalue weighted by Gasteiger charge is -2.23. The Morgan fingerprint density at radius 3 is 2.55 bits per heavy atom. The van der Waals surface area contributed by atoms with Gasteiger partial charge < -0.3 is 9.62 Å². The fourth-order valence-corrected chi connectivity index (χ4v) is 5.35. The zero-order chi connectivity index (χ0) is 21.0. The third-order valence-electron chi connectivity index (χ3n) is 6.73. The molecule has 0 aromatic heterocycles. The second-order valence-corrected chi connectivity index (χ2v) is 10.1. The number of anilines is 1. The van der Waals surface area contributed by atoms with Gasteiger partial charge >= 0.3 is 0 Å². The van der Waals surface area contributed by atoms with Crippen molar-refractivity contribution in [2.45, 2.75) is 37.6 Å². The zero-order valence-corrected chi connectivity index (χ0v) is 19.3. The Labute approximate surface area is 191 Å². The summed E-state index contributed by atoms with van der Waals surface area (Å²) in [7, 11) is 0. The summed E-state index contributed by atoms with van der Waals surface area (Å²) in [6.07, 6.45) is 4.20. The van der Waals surface area contributed by atoms with Gasteiger partial charge in [0.25, 0.3) is 0 Å². The van der Waals surface area contributed by atoms with Gasteiger partial charge in [-0.25, -0.2) is 0 Å². The van der Waals surface area contributed by atoms with Gasteiger partial charge in [-0.15, -0.1) is 0 Å². The molecule has 5 rings (SSSR count). The van der Waals surface area contributed by atoms with E-state index >= 15 is 0 Å². The molecule has 0 atom stereocenters. The van der Waals surface area contributed by atoms with Crippen molar-refractivity contribution in [1.29, 1.82) is 0 Å². The summed E-state index contributed by atoms with van der Waals surface area (Å²) < 4.78 is 3.61. The number of nitrogens with one attached hydrogen (secondary N) is 1. The molecule has 0 spiro atoms. The Hall–Kier alpha value is -2.01. The topological polar surface area (TPSA) is 18.5 Å². The monoisotopic (exact) mass is 431 g/mol. The quantitative estimate of drug-likeness (QED) is 0.450. The standard InChI is InChI=1S/C27H33N3S/c1-21-25(20-30-15-5-14-29(16-17-30)19-22-10-11-22)8-4-9-27(21)28-31-26-13-12-23-6-2-3-7-24(23)18-26/h2-4,6-9,12-13,18,22,28H,5,10-11,14-17,19-20H2,1H3. The minimum Gasteiger partial charge on any atom is -0.325 e. The minimum atomic E-state index is 0.997. The van der Waals surface area contributed by atoms with Gasteiger partial charge in [0.1, 0.15) is 0 Å². The number of hydrogen-bond donors (Lipinski definition) is 1. The molecular formula is C27H33N3S. The molecule has 1 N–H and O–H groups in total. The molecule has 1 saturated heterocycles. The molecule has 3 nitrogen and oxygen atoms in total. The van der Waals surface area contributed by atoms with Gasteiger partial charge in [0.15, 0.2) is 0 Å². The molecule has 31 heavy (non-hydrogen) atoms. The summed E-state index contributed by atoms with van der Waals surface area (Å²) >= 11 is 1.70. The zero-order valence-electron chi connectivity index (χ0n) is 18.5. The van der Waals surface area contributed by atoms with Crippen molar-refractivity contribution in [2.24, 2.45) is 5.92 Å². The van der Waals surface area contributed by atoms with Crippen molar-refractivity contribution in [3.63, 3.8) is 0 Å². The Bertz CT molecular complexity index is 1030. The van der Waals surface area contributed by atoms with E-state index < -0.39 is 0 Å². The number of benzene rings is 3. The maximum absolute atomic E-state index is 3.61. The highest BCUT2D eigenvalue weighted by Crippen LogP contribution is 2.30. The Balaban J connectivity index is 1.21. The van der Waals surface area contributed by atoms with Crippen molar-refractivity contribution in [1.82, 2.24) is 9.80 Å². The average Bonchev–Trinajstić information content (AvgIpc) is 3.63. The van der Waals surface area contributed by atoms with Crippen LogP contribution in [0.4, 0.5) is 5.69 Å². The Kier molecular flexibility index (Phi) is 6.49. The van der Waals surface area contributed by atoms with E-state index in [0.717, 1.165) is 12.5 Å². The number of rotatable bonds is 7. The highest BCUT2D eigenvalue weighted by molar-refractivity contribution is 8.00. The van der Waals surface area contributed by atoms with Crippen LogP contribution in [0.1, 0.15) is 30.4 Å². The maximum atomic E-state index is 3.61. The SMILES string of the molecule is Cc1c(CN2CCCN(CC3CC3)CC2)cccc1NSc1ccc2ccccc2c1. The van der Waals surface area contributed by atoms with E-state index in [0.29, 0.717) is 0 Å². The second-order valence-electron chi connectivity index (χ2n) is 9.18. The molecule has 1 aliphatic heterocycles. The van der Waals surface area contributed by atoms with Gasteiger partial charge in [-0.3, -0.25) is 4.90 Å². The fraction of sp³-hybridized carbons (Fsp3) is 0.407. The molecule has 0 unspecified atom stereocenters. The van der Waals surface area contributed by atoms with Crippen molar-refractivity contribution in [3.05, 3.63) is 71.8 Å². The van der Waals surface area contributed by atoms with Gasteiger partial charge in [-0.05, 0) is 97.2 Å². The van der Waals surface area contributed by atoms with Crippen LogP contribution in [0.5, 0.6) is 0 Å². The maximum Gasteiger partial charge on any atom is 0.0475 e. The van der Waals surface area contributed by atoms with Gasteiger partial charge in [-0.1, -0.05) is 42.5 Å². The van der Waals surface area contributed by atoms with E-state index in [1.807, 2.05) is 0 Å². The van der Waals surface area contributed by atoms with Gasteiger partial charge in [0.05, 0.1) is 0 Å². The third-order valence-corrected chi connectivity index (χ3v) is 7.55. The van der Waals surface area contributed by atoms with E-state index in [-0.39, 0.29) is 0 Å². The summed E-state index contributed by atoms with van der Waals surface area (Å²) in [6.45, 7) is 9.55. The van der Waals surface area contributed by atoms with Crippen LogP contribution in [0.15, 0.2) is 65.6 Å². The molecule has 162 valence electrons. The lowest BCUT2D eigenvalue weighted by molar-refractivity contribution is 0.246. The number of hydrogen-bond acceptors (Lipinski definition) is 4. The summed E-state index contributed by atoms with van der Waals surface area (Å²) in [5.41, 5.74) is 4.04. The van der Waals surface area contributed by atoms with E-state index in [1.54, 1.807) is 11.9 Å². The van der Waals surface area contributed by atoms with Crippen molar-refractivity contribution in [2.75, 3.05) is 37.4 Å². The molecule has 0 amide bonds. The first kappa shape index (κ1) is 20.9. The highest BCUT2D eigenvalue weighted by Gasteiger charge is 2.25. The molecule has 1 aliphatic carbocycles. The van der Waals surface area contributed by atoms with Crippen molar-refractivity contribution < 1.29 is 0 Å². The molecule has 2 aliphatic rings. The third kappa shape index (κ3) is 5.43. The summed E-state index contributed by atoms with van der Waals surface area (Å²) in [5.74, 6) is 0.997. The largest absolute Gasteiger partial charge is 0.325 e. The van der Waals surface area contributed by atoms with Crippen molar-refractivity contribution in [3.8, 4) is 0 Å². The molecule has 1 saturated carbocycles. The first-order chi connectivity index (χ1) is 15.2. The molecule has 3 aromatic rings. The van der Waals surface area contributed by atoms with Crippen LogP contribution >= 0.6 is 11.9 Å². The smallest absolute Gasteiger partial charge is 0.0475 e. The highest BCUT2D eigenvalue weighted by atomic mass is 32.2. The molecule has 0 radical (unpaired) electrons. The normalized spacial score (nSPS) is 18.2. The van der Waals surface area contributed by atoms with Crippen LogP contribution in [0.25, 0.3) is 10.8 Å². The predicted octanol–water partition coefficient (Wildman–Crippen LogP) is 6.19. The first-order valence-corrected chi connectivity index (χ1v) is 12.5. The van der Waals surface area contributed by atoms with Crippen LogP contribution in [-0.4, -0.2) is 42.5 Å². The van der Waals surface area contributed by atoms with E-state index in [1.165, 1.54) is 84.5 Å². The predicted molar refractivity (Wildman–Crippen MR) is 134 cm³/mol. The van der Waals surface area contributed by atoms with Crippen LogP contribution in [-0.2, 0) is 6.54 Å². The van der Waals surface area contributed by atoms with Crippen LogP contribution < -0.4 is 4.72 Å². The second kappa shape index (κ2) is 9.64. The minimum absolute atomic E-state index is 0.997.